The third kappa shape index (κ3) is 4.25. The molecule has 0 fully saturated rings. The molecule has 0 saturated heterocycles. The Labute approximate surface area is 115 Å². The summed E-state index contributed by atoms with van der Waals surface area (Å²) in [6, 6.07) is 3.53. The molecular weight excluding hydrogens is 249 g/mol. The van der Waals surface area contributed by atoms with Crippen LogP contribution in [-0.2, 0) is 0 Å². The van der Waals surface area contributed by atoms with Gasteiger partial charge in [-0.3, -0.25) is 0 Å². The van der Waals surface area contributed by atoms with Crippen molar-refractivity contribution in [2.45, 2.75) is 52.5 Å². The second-order valence-electron chi connectivity index (χ2n) is 4.73. The average molecular weight is 272 g/mol. The van der Waals surface area contributed by atoms with E-state index in [1.54, 1.807) is 6.92 Å². The van der Waals surface area contributed by atoms with E-state index in [9.17, 15) is 4.39 Å². The molecular formula is C15H23ClFN. The maximum atomic E-state index is 13.4. The lowest BCUT2D eigenvalue weighted by molar-refractivity contribution is 0.485. The van der Waals surface area contributed by atoms with Crippen molar-refractivity contribution in [2.24, 2.45) is 0 Å². The summed E-state index contributed by atoms with van der Waals surface area (Å²) in [5, 5.41) is 3.97. The van der Waals surface area contributed by atoms with Crippen molar-refractivity contribution in [3.05, 3.63) is 34.1 Å². The Morgan fingerprint density at radius 1 is 1.28 bits per heavy atom. The van der Waals surface area contributed by atoms with E-state index in [4.69, 9.17) is 11.6 Å². The number of unbranched alkanes of at least 4 members (excludes halogenated alkanes) is 2. The van der Waals surface area contributed by atoms with Crippen molar-refractivity contribution in [1.82, 2.24) is 5.32 Å². The predicted octanol–water partition coefficient (Wildman–Crippen LogP) is 5.02. The highest BCUT2D eigenvalue weighted by Gasteiger charge is 2.15. The first-order valence-corrected chi connectivity index (χ1v) is 7.16. The van der Waals surface area contributed by atoms with Crippen molar-refractivity contribution in [1.29, 1.82) is 0 Å². The van der Waals surface area contributed by atoms with E-state index < -0.39 is 0 Å². The van der Waals surface area contributed by atoms with Crippen molar-refractivity contribution in [3.63, 3.8) is 0 Å². The van der Waals surface area contributed by atoms with Gasteiger partial charge in [0.15, 0.2) is 0 Å². The van der Waals surface area contributed by atoms with Crippen LogP contribution in [0.3, 0.4) is 0 Å². The fourth-order valence-corrected chi connectivity index (χ4v) is 2.44. The first-order chi connectivity index (χ1) is 8.60. The third-order valence-corrected chi connectivity index (χ3v) is 3.53. The number of nitrogens with one attached hydrogen (secondary N) is 1. The van der Waals surface area contributed by atoms with Crippen LogP contribution in [0.5, 0.6) is 0 Å². The fraction of sp³-hybridized carbons (Fsp3) is 0.600. The van der Waals surface area contributed by atoms with Gasteiger partial charge in [-0.25, -0.2) is 4.39 Å². The Balaban J connectivity index is 2.87. The van der Waals surface area contributed by atoms with Crippen molar-refractivity contribution in [2.75, 3.05) is 6.54 Å². The minimum atomic E-state index is -0.229. The minimum absolute atomic E-state index is 0.229. The first kappa shape index (κ1) is 15.5. The van der Waals surface area contributed by atoms with Crippen LogP contribution in [0.4, 0.5) is 4.39 Å². The van der Waals surface area contributed by atoms with Crippen LogP contribution in [-0.4, -0.2) is 6.54 Å². The van der Waals surface area contributed by atoms with Gasteiger partial charge in [0.2, 0.25) is 0 Å². The molecule has 0 aliphatic rings. The topological polar surface area (TPSA) is 12.0 Å². The van der Waals surface area contributed by atoms with Crippen LogP contribution >= 0.6 is 11.6 Å². The van der Waals surface area contributed by atoms with Crippen LogP contribution in [0.1, 0.15) is 56.7 Å². The molecule has 0 amide bonds. The second kappa shape index (κ2) is 7.75. The standard InChI is InChI=1S/C15H23ClFN/c1-4-6-7-8-15(18-5-2)12-9-11(3)14(17)10-13(12)16/h9-10,15,18H,4-8H2,1-3H3. The van der Waals surface area contributed by atoms with Gasteiger partial charge in [0, 0.05) is 11.1 Å². The second-order valence-corrected chi connectivity index (χ2v) is 5.14. The van der Waals surface area contributed by atoms with Gasteiger partial charge in [-0.1, -0.05) is 50.8 Å². The number of benzene rings is 1. The van der Waals surface area contributed by atoms with Crippen molar-refractivity contribution >= 4 is 11.6 Å². The van der Waals surface area contributed by atoms with Gasteiger partial charge in [0.25, 0.3) is 0 Å². The Bertz CT molecular complexity index is 379. The van der Waals surface area contributed by atoms with E-state index in [0.29, 0.717) is 10.6 Å². The Morgan fingerprint density at radius 2 is 2.00 bits per heavy atom. The largest absolute Gasteiger partial charge is 0.310 e. The summed E-state index contributed by atoms with van der Waals surface area (Å²) in [7, 11) is 0. The van der Waals surface area contributed by atoms with Crippen LogP contribution in [0.2, 0.25) is 5.02 Å². The number of halogens is 2. The summed E-state index contributed by atoms with van der Waals surface area (Å²) >= 11 is 6.16. The quantitative estimate of drug-likeness (QED) is 0.687. The summed E-state index contributed by atoms with van der Waals surface area (Å²) in [5.41, 5.74) is 1.68. The fourth-order valence-electron chi connectivity index (χ4n) is 2.16. The van der Waals surface area contributed by atoms with Gasteiger partial charge >= 0.3 is 0 Å². The minimum Gasteiger partial charge on any atom is -0.310 e. The third-order valence-electron chi connectivity index (χ3n) is 3.20. The predicted molar refractivity (Wildman–Crippen MR) is 76.7 cm³/mol. The molecule has 1 N–H and O–H groups in total. The lowest BCUT2D eigenvalue weighted by atomic mass is 9.98. The van der Waals surface area contributed by atoms with Gasteiger partial charge in [0.1, 0.15) is 5.82 Å². The van der Waals surface area contributed by atoms with Crippen LogP contribution < -0.4 is 5.32 Å². The van der Waals surface area contributed by atoms with E-state index in [2.05, 4.69) is 19.2 Å². The molecule has 0 aromatic heterocycles. The maximum Gasteiger partial charge on any atom is 0.127 e. The zero-order valence-corrected chi connectivity index (χ0v) is 12.3. The lowest BCUT2D eigenvalue weighted by Crippen LogP contribution is -2.21. The summed E-state index contributed by atoms with van der Waals surface area (Å²) in [4.78, 5) is 0. The smallest absolute Gasteiger partial charge is 0.127 e. The van der Waals surface area contributed by atoms with Gasteiger partial charge in [0.05, 0.1) is 0 Å². The number of hydrogen-bond acceptors (Lipinski definition) is 1. The van der Waals surface area contributed by atoms with E-state index in [1.165, 1.54) is 25.3 Å². The molecule has 0 radical (unpaired) electrons. The van der Waals surface area contributed by atoms with E-state index in [-0.39, 0.29) is 11.9 Å². The normalized spacial score (nSPS) is 12.7. The van der Waals surface area contributed by atoms with Gasteiger partial charge < -0.3 is 5.32 Å². The summed E-state index contributed by atoms with van der Waals surface area (Å²) in [5.74, 6) is -0.229. The van der Waals surface area contributed by atoms with Crippen LogP contribution in [0, 0.1) is 12.7 Å². The number of hydrogen-bond donors (Lipinski definition) is 1. The Morgan fingerprint density at radius 3 is 2.61 bits per heavy atom. The molecule has 0 saturated carbocycles. The zero-order valence-electron chi connectivity index (χ0n) is 11.5. The molecule has 1 rings (SSSR count). The van der Waals surface area contributed by atoms with Crippen LogP contribution in [0.15, 0.2) is 12.1 Å². The molecule has 0 spiro atoms. The number of rotatable bonds is 7. The van der Waals surface area contributed by atoms with E-state index in [0.717, 1.165) is 18.5 Å². The van der Waals surface area contributed by atoms with Gasteiger partial charge in [-0.15, -0.1) is 0 Å². The summed E-state index contributed by atoms with van der Waals surface area (Å²) in [6.07, 6.45) is 4.64. The van der Waals surface area contributed by atoms with Gasteiger partial charge in [-0.2, -0.15) is 0 Å². The highest BCUT2D eigenvalue weighted by Crippen LogP contribution is 2.29. The lowest BCUT2D eigenvalue weighted by Gasteiger charge is -2.20. The highest BCUT2D eigenvalue weighted by molar-refractivity contribution is 6.31. The monoisotopic (exact) mass is 271 g/mol. The molecule has 1 atom stereocenters. The zero-order chi connectivity index (χ0) is 13.5. The first-order valence-electron chi connectivity index (χ1n) is 6.79. The van der Waals surface area contributed by atoms with Crippen molar-refractivity contribution in [3.8, 4) is 0 Å². The SMILES string of the molecule is CCCCCC(NCC)c1cc(C)c(F)cc1Cl. The van der Waals surface area contributed by atoms with Crippen LogP contribution in [0.25, 0.3) is 0 Å². The molecule has 18 heavy (non-hydrogen) atoms. The molecule has 1 aromatic carbocycles. The molecule has 1 unspecified atom stereocenters. The molecule has 0 bridgehead atoms. The molecule has 1 nitrogen and oxygen atoms in total. The average Bonchev–Trinajstić information content (AvgIpc) is 2.33. The maximum absolute atomic E-state index is 13.4. The Kier molecular flexibility index (Phi) is 6.66. The molecule has 102 valence electrons. The number of aryl methyl sites for hydroxylation is 1. The molecule has 0 heterocycles. The Hall–Kier alpha value is -0.600. The van der Waals surface area contributed by atoms with Gasteiger partial charge in [-0.05, 0) is 37.1 Å². The molecule has 0 aliphatic carbocycles. The summed E-state index contributed by atoms with van der Waals surface area (Å²) < 4.78 is 13.4. The van der Waals surface area contributed by atoms with Crippen molar-refractivity contribution < 1.29 is 4.39 Å². The van der Waals surface area contributed by atoms with E-state index in [1.807, 2.05) is 6.07 Å². The molecule has 1 aromatic rings. The highest BCUT2D eigenvalue weighted by atomic mass is 35.5. The summed E-state index contributed by atoms with van der Waals surface area (Å²) in [6.45, 7) is 6.95. The molecule has 0 aliphatic heterocycles. The molecule has 3 heteroatoms. The van der Waals surface area contributed by atoms with E-state index >= 15 is 0 Å².